The average molecular weight is 410 g/mol. The van der Waals surface area contributed by atoms with E-state index >= 15 is 0 Å². The molecule has 2 saturated heterocycles. The Hall–Kier alpha value is -2.91. The first kappa shape index (κ1) is 19.1. The molecule has 1 unspecified atom stereocenters. The van der Waals surface area contributed by atoms with Gasteiger partial charge in [-0.25, -0.2) is 4.68 Å². The molecule has 1 atom stereocenters. The molecule has 5 rings (SSSR count). The number of anilines is 1. The summed E-state index contributed by atoms with van der Waals surface area (Å²) in [5.74, 6) is 2.36. The van der Waals surface area contributed by atoms with Crippen LogP contribution in [0.25, 0.3) is 16.7 Å². The molecule has 0 bridgehead atoms. The van der Waals surface area contributed by atoms with Crippen LogP contribution in [0.1, 0.15) is 12.0 Å². The van der Waals surface area contributed by atoms with E-state index < -0.39 is 0 Å². The van der Waals surface area contributed by atoms with Gasteiger partial charge in [0.05, 0.1) is 32.0 Å². The molecule has 0 amide bonds. The van der Waals surface area contributed by atoms with Gasteiger partial charge in [-0.2, -0.15) is 15.1 Å². The van der Waals surface area contributed by atoms with Gasteiger partial charge in [-0.1, -0.05) is 0 Å². The number of ether oxygens (including phenoxy) is 3. The first-order valence-corrected chi connectivity index (χ1v) is 10.3. The Morgan fingerprint density at radius 3 is 2.73 bits per heavy atom. The molecule has 0 spiro atoms. The largest absolute Gasteiger partial charge is 0.488 e. The maximum atomic E-state index is 6.20. The minimum Gasteiger partial charge on any atom is -0.488 e. The lowest BCUT2D eigenvalue weighted by atomic mass is 10.1. The average Bonchev–Trinajstić information content (AvgIpc) is 3.44. The molecule has 0 radical (unpaired) electrons. The predicted octanol–water partition coefficient (Wildman–Crippen LogP) is 1.71. The molecule has 4 heterocycles. The van der Waals surface area contributed by atoms with Gasteiger partial charge in [0.1, 0.15) is 17.7 Å². The number of hydrogen-bond donors (Lipinski definition) is 1. The minimum absolute atomic E-state index is 0.0935. The summed E-state index contributed by atoms with van der Waals surface area (Å²) in [6.45, 7) is 7.07. The number of fused-ring (bicyclic) bond motifs is 1. The van der Waals surface area contributed by atoms with Gasteiger partial charge in [0, 0.05) is 50.1 Å². The molecule has 158 valence electrons. The highest BCUT2D eigenvalue weighted by Gasteiger charge is 2.20. The van der Waals surface area contributed by atoms with E-state index in [9.17, 15) is 0 Å². The van der Waals surface area contributed by atoms with E-state index in [1.54, 1.807) is 7.11 Å². The molecule has 9 heteroatoms. The third kappa shape index (κ3) is 3.66. The summed E-state index contributed by atoms with van der Waals surface area (Å²) < 4.78 is 18.9. The lowest BCUT2D eigenvalue weighted by Gasteiger charge is -2.28. The monoisotopic (exact) mass is 410 g/mol. The van der Waals surface area contributed by atoms with E-state index in [0.717, 1.165) is 67.2 Å². The van der Waals surface area contributed by atoms with Gasteiger partial charge in [0.25, 0.3) is 0 Å². The lowest BCUT2D eigenvalue weighted by molar-refractivity contribution is 0.141. The summed E-state index contributed by atoms with van der Waals surface area (Å²) >= 11 is 0. The second-order valence-electron chi connectivity index (χ2n) is 7.64. The Bertz CT molecular complexity index is 1040. The topological polar surface area (TPSA) is 86.6 Å². The molecule has 1 N–H and O–H groups in total. The third-order valence-electron chi connectivity index (χ3n) is 5.57. The molecular weight excluding hydrogens is 384 g/mol. The fourth-order valence-electron chi connectivity index (χ4n) is 3.92. The van der Waals surface area contributed by atoms with Crippen LogP contribution in [0.15, 0.2) is 24.4 Å². The van der Waals surface area contributed by atoms with Crippen molar-refractivity contribution in [2.75, 3.05) is 51.4 Å². The highest BCUT2D eigenvalue weighted by Crippen LogP contribution is 2.29. The van der Waals surface area contributed by atoms with Crippen molar-refractivity contribution in [3.8, 4) is 17.6 Å². The van der Waals surface area contributed by atoms with E-state index in [1.807, 2.05) is 23.0 Å². The van der Waals surface area contributed by atoms with Gasteiger partial charge in [-0.05, 0) is 18.6 Å². The van der Waals surface area contributed by atoms with Crippen molar-refractivity contribution in [1.29, 1.82) is 0 Å². The maximum Gasteiger partial charge on any atom is 0.320 e. The molecule has 0 saturated carbocycles. The Balaban J connectivity index is 1.54. The number of rotatable bonds is 5. The SMILES string of the molecule is COc1nc(N2CCNCC2)cc(-n2ncc3cc(C)c(OC4CCOC4)cc32)n1. The van der Waals surface area contributed by atoms with Gasteiger partial charge < -0.3 is 24.4 Å². The number of aryl methyl sites for hydroxylation is 1. The Labute approximate surface area is 175 Å². The molecule has 0 aliphatic carbocycles. The van der Waals surface area contributed by atoms with Crippen molar-refractivity contribution in [3.63, 3.8) is 0 Å². The van der Waals surface area contributed by atoms with Gasteiger partial charge in [-0.15, -0.1) is 0 Å². The van der Waals surface area contributed by atoms with Crippen molar-refractivity contribution in [2.24, 2.45) is 0 Å². The van der Waals surface area contributed by atoms with Crippen molar-refractivity contribution >= 4 is 16.7 Å². The van der Waals surface area contributed by atoms with Crippen molar-refractivity contribution in [1.82, 2.24) is 25.1 Å². The zero-order valence-electron chi connectivity index (χ0n) is 17.3. The molecule has 2 fully saturated rings. The Morgan fingerprint density at radius 2 is 1.97 bits per heavy atom. The van der Waals surface area contributed by atoms with Crippen LogP contribution in [0.5, 0.6) is 11.8 Å². The van der Waals surface area contributed by atoms with Crippen LogP contribution < -0.4 is 19.7 Å². The molecule has 3 aromatic rings. The van der Waals surface area contributed by atoms with E-state index in [4.69, 9.17) is 14.2 Å². The normalized spacial score (nSPS) is 19.4. The fourth-order valence-corrected chi connectivity index (χ4v) is 3.92. The van der Waals surface area contributed by atoms with Crippen LogP contribution in [0.3, 0.4) is 0 Å². The molecule has 2 aliphatic heterocycles. The Kier molecular flexibility index (Phi) is 5.14. The summed E-state index contributed by atoms with van der Waals surface area (Å²) in [4.78, 5) is 11.3. The van der Waals surface area contributed by atoms with Crippen molar-refractivity contribution in [3.05, 3.63) is 30.0 Å². The minimum atomic E-state index is 0.0935. The number of piperazine rings is 1. The van der Waals surface area contributed by atoms with Gasteiger partial charge in [0.2, 0.25) is 0 Å². The van der Waals surface area contributed by atoms with Gasteiger partial charge in [-0.3, -0.25) is 0 Å². The highest BCUT2D eigenvalue weighted by atomic mass is 16.5. The number of methoxy groups -OCH3 is 1. The summed E-state index contributed by atoms with van der Waals surface area (Å²) in [7, 11) is 1.58. The molecule has 30 heavy (non-hydrogen) atoms. The number of benzene rings is 1. The fraction of sp³-hybridized carbons (Fsp3) is 0.476. The van der Waals surface area contributed by atoms with E-state index in [1.165, 1.54) is 0 Å². The van der Waals surface area contributed by atoms with Crippen LogP contribution in [-0.2, 0) is 4.74 Å². The van der Waals surface area contributed by atoms with Crippen LogP contribution in [0, 0.1) is 6.92 Å². The van der Waals surface area contributed by atoms with E-state index in [0.29, 0.717) is 18.4 Å². The van der Waals surface area contributed by atoms with Crippen LogP contribution in [0.4, 0.5) is 5.82 Å². The number of nitrogens with one attached hydrogen (secondary N) is 1. The maximum absolute atomic E-state index is 6.20. The smallest absolute Gasteiger partial charge is 0.320 e. The van der Waals surface area contributed by atoms with Gasteiger partial charge >= 0.3 is 6.01 Å². The highest BCUT2D eigenvalue weighted by molar-refractivity contribution is 5.83. The van der Waals surface area contributed by atoms with Crippen molar-refractivity contribution in [2.45, 2.75) is 19.4 Å². The third-order valence-corrected chi connectivity index (χ3v) is 5.57. The quantitative estimate of drug-likeness (QED) is 0.680. The number of nitrogens with zero attached hydrogens (tertiary/aromatic N) is 5. The Morgan fingerprint density at radius 1 is 1.13 bits per heavy atom. The second kappa shape index (κ2) is 8.08. The van der Waals surface area contributed by atoms with Crippen LogP contribution in [0.2, 0.25) is 0 Å². The van der Waals surface area contributed by atoms with Crippen LogP contribution in [-0.4, -0.2) is 72.4 Å². The molecule has 1 aromatic carbocycles. The molecule has 2 aliphatic rings. The zero-order chi connectivity index (χ0) is 20.5. The van der Waals surface area contributed by atoms with Crippen LogP contribution >= 0.6 is 0 Å². The predicted molar refractivity (Wildman–Crippen MR) is 113 cm³/mol. The molecular formula is C21H26N6O3. The summed E-state index contributed by atoms with van der Waals surface area (Å²) in [6.07, 6.45) is 2.86. The second-order valence-corrected chi connectivity index (χ2v) is 7.64. The summed E-state index contributed by atoms with van der Waals surface area (Å²) in [5.41, 5.74) is 2.01. The molecule has 9 nitrogen and oxygen atoms in total. The first-order chi connectivity index (χ1) is 14.7. The van der Waals surface area contributed by atoms with E-state index in [-0.39, 0.29) is 6.10 Å². The standard InChI is InChI=1S/C21H26N6O3/c1-14-9-15-12-23-27(17(15)10-18(14)30-16-3-8-29-13-16)20-11-19(24-21(25-20)28-2)26-6-4-22-5-7-26/h9-12,16,22H,3-8,13H2,1-2H3. The number of aromatic nitrogens is 4. The van der Waals surface area contributed by atoms with Crippen molar-refractivity contribution < 1.29 is 14.2 Å². The first-order valence-electron chi connectivity index (χ1n) is 10.3. The summed E-state index contributed by atoms with van der Waals surface area (Å²) in [5, 5.41) is 9.00. The van der Waals surface area contributed by atoms with E-state index in [2.05, 4.69) is 38.3 Å². The lowest BCUT2D eigenvalue weighted by Crippen LogP contribution is -2.44. The molecule has 2 aromatic heterocycles. The number of hydrogen-bond acceptors (Lipinski definition) is 8. The zero-order valence-corrected chi connectivity index (χ0v) is 17.3. The summed E-state index contributed by atoms with van der Waals surface area (Å²) in [6, 6.07) is 6.43. The van der Waals surface area contributed by atoms with Gasteiger partial charge in [0.15, 0.2) is 5.82 Å².